The highest BCUT2D eigenvalue weighted by atomic mass is 32.2. The number of alkyl halides is 3. The third-order valence-corrected chi connectivity index (χ3v) is 7.26. The van der Waals surface area contributed by atoms with Crippen molar-refractivity contribution in [2.45, 2.75) is 17.6 Å². The van der Waals surface area contributed by atoms with E-state index in [1.807, 2.05) is 0 Å². The Morgan fingerprint density at radius 3 is 2.54 bits per heavy atom. The third kappa shape index (κ3) is 3.04. The zero-order valence-corrected chi connectivity index (χ0v) is 15.2. The van der Waals surface area contributed by atoms with Gasteiger partial charge < -0.3 is 9.64 Å². The van der Waals surface area contributed by atoms with E-state index in [4.69, 9.17) is 4.74 Å². The van der Waals surface area contributed by atoms with Gasteiger partial charge in [0.1, 0.15) is 0 Å². The molecular weight excluding hydrogens is 373 g/mol. The molecule has 4 heterocycles. The molecule has 0 radical (unpaired) electrons. The number of aryl methyl sites for hydroxylation is 1. The Balaban J connectivity index is 1.37. The summed E-state index contributed by atoms with van der Waals surface area (Å²) < 4.78 is 71.0. The average Bonchev–Trinajstić information content (AvgIpc) is 3.08. The lowest BCUT2D eigenvalue weighted by molar-refractivity contribution is -0.141. The number of likely N-dealkylation sites (tertiary alicyclic amines) is 1. The summed E-state index contributed by atoms with van der Waals surface area (Å²) >= 11 is 0. The SMILES string of the molecule is Cn1nc(C(F)(F)F)cc1S(=O)(=O)N1CC2(CN(C[C@@H]3CCOC3)C2)C1. The van der Waals surface area contributed by atoms with Crippen molar-refractivity contribution in [1.82, 2.24) is 19.0 Å². The van der Waals surface area contributed by atoms with E-state index in [9.17, 15) is 21.6 Å². The average molecular weight is 394 g/mol. The number of aromatic nitrogens is 2. The fraction of sp³-hybridized carbons (Fsp3) is 0.800. The normalized spacial score (nSPS) is 26.8. The number of hydrogen-bond acceptors (Lipinski definition) is 5. The molecule has 0 aromatic carbocycles. The zero-order valence-electron chi connectivity index (χ0n) is 14.4. The first kappa shape index (κ1) is 18.2. The van der Waals surface area contributed by atoms with E-state index >= 15 is 0 Å². The molecule has 1 atom stereocenters. The fourth-order valence-electron chi connectivity index (χ4n) is 4.16. The van der Waals surface area contributed by atoms with E-state index in [0.717, 1.165) is 44.0 Å². The number of rotatable bonds is 4. The smallest absolute Gasteiger partial charge is 0.381 e. The lowest BCUT2D eigenvalue weighted by atomic mass is 9.74. The van der Waals surface area contributed by atoms with Gasteiger partial charge in [0, 0.05) is 57.9 Å². The molecule has 3 aliphatic heterocycles. The first-order chi connectivity index (χ1) is 12.1. The summed E-state index contributed by atoms with van der Waals surface area (Å²) in [7, 11) is -2.75. The van der Waals surface area contributed by atoms with Gasteiger partial charge in [-0.15, -0.1) is 0 Å². The Morgan fingerprint density at radius 2 is 2.00 bits per heavy atom. The molecule has 3 aliphatic rings. The van der Waals surface area contributed by atoms with E-state index in [-0.39, 0.29) is 5.41 Å². The largest absolute Gasteiger partial charge is 0.435 e. The number of hydrogen-bond donors (Lipinski definition) is 0. The number of sulfonamides is 1. The molecule has 11 heteroatoms. The van der Waals surface area contributed by atoms with Gasteiger partial charge in [-0.05, 0) is 12.3 Å². The van der Waals surface area contributed by atoms with Gasteiger partial charge in [0.05, 0.1) is 6.61 Å². The predicted molar refractivity (Wildman–Crippen MR) is 84.8 cm³/mol. The molecule has 0 amide bonds. The van der Waals surface area contributed by atoms with Gasteiger partial charge in [0.25, 0.3) is 10.0 Å². The van der Waals surface area contributed by atoms with Crippen LogP contribution in [0.25, 0.3) is 0 Å². The van der Waals surface area contributed by atoms with Gasteiger partial charge in [0.2, 0.25) is 0 Å². The van der Waals surface area contributed by atoms with E-state index in [0.29, 0.717) is 25.1 Å². The van der Waals surface area contributed by atoms with E-state index in [2.05, 4.69) is 10.00 Å². The molecule has 4 rings (SSSR count). The standard InChI is InChI=1S/C15H21F3N4O3S/c1-20-13(4-12(19-20)15(16,17)18)26(23,24)22-9-14(10-22)7-21(8-14)5-11-2-3-25-6-11/h4,11H,2-3,5-10H2,1H3/t11-/m0/s1. The molecule has 0 N–H and O–H groups in total. The fourth-order valence-corrected chi connectivity index (χ4v) is 5.95. The Labute approximate surface area is 149 Å². The molecule has 0 unspecified atom stereocenters. The Morgan fingerprint density at radius 1 is 1.31 bits per heavy atom. The monoisotopic (exact) mass is 394 g/mol. The highest BCUT2D eigenvalue weighted by molar-refractivity contribution is 7.89. The molecule has 0 aliphatic carbocycles. The number of ether oxygens (including phenoxy) is 1. The van der Waals surface area contributed by atoms with Crippen LogP contribution in [0.3, 0.4) is 0 Å². The lowest BCUT2D eigenvalue weighted by Gasteiger charge is -2.59. The van der Waals surface area contributed by atoms with Gasteiger partial charge in [-0.2, -0.15) is 22.6 Å². The molecule has 1 spiro atoms. The minimum atomic E-state index is -4.67. The van der Waals surface area contributed by atoms with Crippen LogP contribution in [0.4, 0.5) is 13.2 Å². The first-order valence-corrected chi connectivity index (χ1v) is 9.95. The van der Waals surface area contributed by atoms with Crippen LogP contribution in [0.1, 0.15) is 12.1 Å². The molecule has 0 saturated carbocycles. The Kier molecular flexibility index (Phi) is 4.14. The minimum absolute atomic E-state index is 0.0576. The van der Waals surface area contributed by atoms with E-state index in [1.165, 1.54) is 11.4 Å². The van der Waals surface area contributed by atoms with Crippen molar-refractivity contribution < 1.29 is 26.3 Å². The number of nitrogens with zero attached hydrogens (tertiary/aromatic N) is 4. The predicted octanol–water partition coefficient (Wildman–Crippen LogP) is 0.782. The molecule has 1 aromatic rings. The molecule has 3 fully saturated rings. The summed E-state index contributed by atoms with van der Waals surface area (Å²) in [4.78, 5) is 2.30. The van der Waals surface area contributed by atoms with Crippen LogP contribution in [0.5, 0.6) is 0 Å². The van der Waals surface area contributed by atoms with Gasteiger partial charge in [-0.1, -0.05) is 0 Å². The molecule has 0 bridgehead atoms. The van der Waals surface area contributed by atoms with Gasteiger partial charge in [0.15, 0.2) is 10.7 Å². The van der Waals surface area contributed by atoms with Crippen LogP contribution in [0.15, 0.2) is 11.1 Å². The zero-order chi connectivity index (χ0) is 18.7. The summed E-state index contributed by atoms with van der Waals surface area (Å²) in [5.41, 5.74) is -1.25. The summed E-state index contributed by atoms with van der Waals surface area (Å²) in [5, 5.41) is 2.88. The Hall–Kier alpha value is -1.17. The van der Waals surface area contributed by atoms with Crippen LogP contribution >= 0.6 is 0 Å². The second-order valence-electron chi connectivity index (χ2n) is 7.66. The van der Waals surface area contributed by atoms with Crippen molar-refractivity contribution in [3.05, 3.63) is 11.8 Å². The quantitative estimate of drug-likeness (QED) is 0.755. The van der Waals surface area contributed by atoms with E-state index in [1.54, 1.807) is 0 Å². The maximum Gasteiger partial charge on any atom is 0.435 e. The highest BCUT2D eigenvalue weighted by Crippen LogP contribution is 2.43. The molecule has 26 heavy (non-hydrogen) atoms. The van der Waals surface area contributed by atoms with Crippen molar-refractivity contribution >= 4 is 10.0 Å². The van der Waals surface area contributed by atoms with Crippen LogP contribution in [-0.4, -0.2) is 73.3 Å². The molecule has 7 nitrogen and oxygen atoms in total. The van der Waals surface area contributed by atoms with Crippen molar-refractivity contribution in [3.8, 4) is 0 Å². The van der Waals surface area contributed by atoms with Gasteiger partial charge in [-0.25, -0.2) is 8.42 Å². The summed E-state index contributed by atoms with van der Waals surface area (Å²) in [6.45, 7) is 4.90. The minimum Gasteiger partial charge on any atom is -0.381 e. The van der Waals surface area contributed by atoms with Crippen LogP contribution in [0.2, 0.25) is 0 Å². The van der Waals surface area contributed by atoms with Crippen molar-refractivity contribution in [2.24, 2.45) is 18.4 Å². The van der Waals surface area contributed by atoms with E-state index < -0.39 is 26.9 Å². The maximum atomic E-state index is 12.8. The van der Waals surface area contributed by atoms with Crippen molar-refractivity contribution in [2.75, 3.05) is 45.9 Å². The second-order valence-corrected chi connectivity index (χ2v) is 9.55. The van der Waals surface area contributed by atoms with Crippen molar-refractivity contribution in [3.63, 3.8) is 0 Å². The van der Waals surface area contributed by atoms with Crippen LogP contribution < -0.4 is 0 Å². The van der Waals surface area contributed by atoms with Gasteiger partial charge >= 0.3 is 6.18 Å². The summed E-state index contributed by atoms with van der Waals surface area (Å²) in [6, 6.07) is 0.605. The summed E-state index contributed by atoms with van der Waals surface area (Å²) in [5.74, 6) is 0.544. The van der Waals surface area contributed by atoms with Crippen molar-refractivity contribution in [1.29, 1.82) is 0 Å². The number of halogens is 3. The van der Waals surface area contributed by atoms with Crippen LogP contribution in [0, 0.1) is 11.3 Å². The second kappa shape index (κ2) is 5.91. The van der Waals surface area contributed by atoms with Crippen LogP contribution in [-0.2, 0) is 28.0 Å². The summed E-state index contributed by atoms with van der Waals surface area (Å²) in [6.07, 6.45) is -3.61. The molecule has 146 valence electrons. The van der Waals surface area contributed by atoms with Gasteiger partial charge in [-0.3, -0.25) is 4.68 Å². The third-order valence-electron chi connectivity index (χ3n) is 5.41. The maximum absolute atomic E-state index is 12.8. The first-order valence-electron chi connectivity index (χ1n) is 8.51. The molecular formula is C15H21F3N4O3S. The Bertz CT molecular complexity index is 788. The molecule has 1 aromatic heterocycles. The molecule has 3 saturated heterocycles. The topological polar surface area (TPSA) is 67.7 Å². The lowest BCUT2D eigenvalue weighted by Crippen LogP contribution is -2.73. The highest BCUT2D eigenvalue weighted by Gasteiger charge is 2.55.